The van der Waals surface area contributed by atoms with Crippen molar-refractivity contribution in [2.45, 2.75) is 70.8 Å². The highest BCUT2D eigenvalue weighted by Gasteiger charge is 2.39. The first kappa shape index (κ1) is 18.6. The fraction of sp³-hybridized carbons (Fsp3) is 1.00. The maximum atomic E-state index is 5.98. The Balaban J connectivity index is 1.59. The maximum Gasteiger partial charge on any atom is 0.0826 e. The van der Waals surface area contributed by atoms with Crippen LogP contribution in [0.2, 0.25) is 0 Å². The lowest BCUT2D eigenvalue weighted by molar-refractivity contribution is -0.000793. The second-order valence-electron chi connectivity index (χ2n) is 7.90. The number of hydrogen-bond donors (Lipinski definition) is 1. The molecule has 3 atom stereocenters. The van der Waals surface area contributed by atoms with E-state index in [4.69, 9.17) is 4.74 Å². The third kappa shape index (κ3) is 4.70. The predicted octanol–water partition coefficient (Wildman–Crippen LogP) is 1.59. The van der Waals surface area contributed by atoms with Crippen LogP contribution in [0.4, 0.5) is 0 Å². The molecule has 3 fully saturated rings. The van der Waals surface area contributed by atoms with Crippen molar-refractivity contribution in [2.24, 2.45) is 0 Å². The number of ether oxygens (including phenoxy) is 1. The monoisotopic (exact) mass is 338 g/mol. The lowest BCUT2D eigenvalue weighted by Gasteiger charge is -2.35. The van der Waals surface area contributed by atoms with Crippen LogP contribution in [0.1, 0.15) is 46.5 Å². The number of morpholine rings is 1. The molecule has 0 spiro atoms. The smallest absolute Gasteiger partial charge is 0.0826 e. The zero-order valence-electron chi connectivity index (χ0n) is 16.0. The van der Waals surface area contributed by atoms with Crippen LogP contribution in [-0.4, -0.2) is 91.5 Å². The largest absolute Gasteiger partial charge is 0.374 e. The van der Waals surface area contributed by atoms with Crippen molar-refractivity contribution in [1.82, 2.24) is 20.0 Å². The molecule has 3 aliphatic rings. The minimum absolute atomic E-state index is 0.379. The van der Waals surface area contributed by atoms with Gasteiger partial charge in [-0.2, -0.15) is 0 Å². The van der Waals surface area contributed by atoms with Crippen LogP contribution < -0.4 is 5.32 Å². The summed E-state index contributed by atoms with van der Waals surface area (Å²) < 4.78 is 5.98. The van der Waals surface area contributed by atoms with E-state index in [0.717, 1.165) is 32.3 Å². The van der Waals surface area contributed by atoms with Crippen LogP contribution >= 0.6 is 0 Å². The summed E-state index contributed by atoms with van der Waals surface area (Å²) in [5, 5.41) is 3.48. The zero-order valence-corrected chi connectivity index (χ0v) is 16.0. The van der Waals surface area contributed by atoms with Gasteiger partial charge in [-0.05, 0) is 45.7 Å². The van der Waals surface area contributed by atoms with Crippen molar-refractivity contribution in [1.29, 1.82) is 0 Å². The normalized spacial score (nSPS) is 32.8. The molecule has 1 aliphatic carbocycles. The van der Waals surface area contributed by atoms with E-state index in [2.05, 4.69) is 40.8 Å². The van der Waals surface area contributed by atoms with Crippen LogP contribution in [0.5, 0.6) is 0 Å². The fourth-order valence-electron chi connectivity index (χ4n) is 4.48. The van der Waals surface area contributed by atoms with Gasteiger partial charge in [-0.15, -0.1) is 0 Å². The Bertz CT molecular complexity index is 370. The summed E-state index contributed by atoms with van der Waals surface area (Å²) in [6.45, 7) is 15.9. The highest BCUT2D eigenvalue weighted by atomic mass is 16.5. The van der Waals surface area contributed by atoms with E-state index in [1.165, 1.54) is 51.9 Å². The summed E-state index contributed by atoms with van der Waals surface area (Å²) in [5.41, 5.74) is 0. The summed E-state index contributed by atoms with van der Waals surface area (Å²) in [7, 11) is 0. The molecule has 2 aliphatic heterocycles. The number of hydrogen-bond acceptors (Lipinski definition) is 5. The fourth-order valence-corrected chi connectivity index (χ4v) is 4.48. The van der Waals surface area contributed by atoms with Crippen LogP contribution in [0, 0.1) is 0 Å². The predicted molar refractivity (Wildman–Crippen MR) is 99.3 cm³/mol. The molecule has 0 aromatic rings. The molecule has 24 heavy (non-hydrogen) atoms. The number of nitrogens with one attached hydrogen (secondary N) is 1. The summed E-state index contributed by atoms with van der Waals surface area (Å²) in [6, 6.07) is 1.50. The zero-order chi connectivity index (χ0) is 16.9. The van der Waals surface area contributed by atoms with E-state index in [1.54, 1.807) is 0 Å². The van der Waals surface area contributed by atoms with E-state index in [-0.39, 0.29) is 0 Å². The van der Waals surface area contributed by atoms with Gasteiger partial charge in [0.2, 0.25) is 0 Å². The summed E-state index contributed by atoms with van der Waals surface area (Å²) >= 11 is 0. The molecular formula is C19H38N4O. The Labute approximate surface area is 148 Å². The van der Waals surface area contributed by atoms with Gasteiger partial charge < -0.3 is 10.1 Å². The van der Waals surface area contributed by atoms with Crippen molar-refractivity contribution in [2.75, 3.05) is 52.4 Å². The van der Waals surface area contributed by atoms with Gasteiger partial charge in [-0.25, -0.2) is 0 Å². The molecule has 3 rings (SSSR count). The summed E-state index contributed by atoms with van der Waals surface area (Å²) in [5.74, 6) is 0. The lowest BCUT2D eigenvalue weighted by Crippen LogP contribution is -2.50. The Morgan fingerprint density at radius 2 is 1.92 bits per heavy atom. The minimum atomic E-state index is 0.379. The Morgan fingerprint density at radius 3 is 2.54 bits per heavy atom. The molecule has 1 N–H and O–H groups in total. The van der Waals surface area contributed by atoms with Gasteiger partial charge in [0.15, 0.2) is 0 Å². The standard InChI is InChI=1S/C19H38N4O/c1-4-9-21-13-18(23(10-5-2)16(21)3)14-22(17-6-7-17)15-19-12-20-8-11-24-19/h16-20H,4-15H2,1-3H3/t16?,18?,19-/m1/s1. The van der Waals surface area contributed by atoms with Crippen LogP contribution in [0.25, 0.3) is 0 Å². The van der Waals surface area contributed by atoms with Gasteiger partial charge in [0.05, 0.1) is 18.9 Å². The van der Waals surface area contributed by atoms with Gasteiger partial charge in [0.25, 0.3) is 0 Å². The molecule has 0 bridgehead atoms. The van der Waals surface area contributed by atoms with E-state index >= 15 is 0 Å². The molecular weight excluding hydrogens is 300 g/mol. The highest BCUT2D eigenvalue weighted by molar-refractivity contribution is 4.94. The van der Waals surface area contributed by atoms with Gasteiger partial charge in [-0.1, -0.05) is 13.8 Å². The van der Waals surface area contributed by atoms with Gasteiger partial charge in [0.1, 0.15) is 0 Å². The molecule has 2 saturated heterocycles. The first-order valence-corrected chi connectivity index (χ1v) is 10.3. The number of rotatable bonds is 9. The third-order valence-corrected chi connectivity index (χ3v) is 5.87. The second kappa shape index (κ2) is 8.95. The van der Waals surface area contributed by atoms with Crippen molar-refractivity contribution in [3.8, 4) is 0 Å². The molecule has 0 aromatic carbocycles. The van der Waals surface area contributed by atoms with Crippen LogP contribution in [-0.2, 0) is 4.74 Å². The molecule has 2 unspecified atom stereocenters. The third-order valence-electron chi connectivity index (χ3n) is 5.87. The average Bonchev–Trinajstić information content (AvgIpc) is 3.39. The van der Waals surface area contributed by atoms with E-state index in [1.807, 2.05) is 0 Å². The minimum Gasteiger partial charge on any atom is -0.374 e. The molecule has 5 nitrogen and oxygen atoms in total. The molecule has 0 radical (unpaired) electrons. The van der Waals surface area contributed by atoms with Crippen LogP contribution in [0.3, 0.4) is 0 Å². The molecule has 2 heterocycles. The Morgan fingerprint density at radius 1 is 1.12 bits per heavy atom. The molecule has 0 aromatic heterocycles. The molecule has 140 valence electrons. The van der Waals surface area contributed by atoms with Crippen molar-refractivity contribution in [3.05, 3.63) is 0 Å². The van der Waals surface area contributed by atoms with Crippen molar-refractivity contribution < 1.29 is 4.74 Å². The van der Waals surface area contributed by atoms with Gasteiger partial charge in [-0.3, -0.25) is 14.7 Å². The van der Waals surface area contributed by atoms with Gasteiger partial charge >= 0.3 is 0 Å². The van der Waals surface area contributed by atoms with Crippen molar-refractivity contribution in [3.63, 3.8) is 0 Å². The summed E-state index contributed by atoms with van der Waals surface area (Å²) in [6.07, 6.45) is 6.25. The Hall–Kier alpha value is -0.200. The van der Waals surface area contributed by atoms with E-state index in [9.17, 15) is 0 Å². The van der Waals surface area contributed by atoms with Gasteiger partial charge in [0, 0.05) is 44.8 Å². The Kier molecular flexibility index (Phi) is 6.93. The van der Waals surface area contributed by atoms with E-state index in [0.29, 0.717) is 18.3 Å². The number of nitrogens with zero attached hydrogens (tertiary/aromatic N) is 3. The highest BCUT2D eigenvalue weighted by Crippen LogP contribution is 2.30. The summed E-state index contributed by atoms with van der Waals surface area (Å²) in [4.78, 5) is 8.18. The molecule has 0 amide bonds. The SMILES string of the molecule is CCCN1CC(CN(C[C@H]2CNCCO2)C2CC2)N(CCC)C1C. The topological polar surface area (TPSA) is 31.0 Å². The lowest BCUT2D eigenvalue weighted by atomic mass is 10.2. The first-order valence-electron chi connectivity index (χ1n) is 10.3. The van der Waals surface area contributed by atoms with Crippen LogP contribution in [0.15, 0.2) is 0 Å². The van der Waals surface area contributed by atoms with E-state index < -0.39 is 0 Å². The molecule has 5 heteroatoms. The quantitative estimate of drug-likeness (QED) is 0.690. The average molecular weight is 339 g/mol. The second-order valence-corrected chi connectivity index (χ2v) is 7.90. The maximum absolute atomic E-state index is 5.98. The molecule has 1 saturated carbocycles. The van der Waals surface area contributed by atoms with Crippen molar-refractivity contribution >= 4 is 0 Å². The first-order chi connectivity index (χ1) is 11.7.